The summed E-state index contributed by atoms with van der Waals surface area (Å²) in [7, 11) is 0. The Morgan fingerprint density at radius 3 is 2.25 bits per heavy atom. The van der Waals surface area contributed by atoms with Crippen LogP contribution in [0.3, 0.4) is 0 Å². The van der Waals surface area contributed by atoms with Gasteiger partial charge in [0.1, 0.15) is 30.5 Å². The minimum Gasteiger partial charge on any atom is -0.493 e. The third-order valence-electron chi connectivity index (χ3n) is 5.51. The summed E-state index contributed by atoms with van der Waals surface area (Å²) >= 11 is 6.11. The fourth-order valence-corrected chi connectivity index (χ4v) is 3.69. The zero-order chi connectivity index (χ0) is 25.3. The van der Waals surface area contributed by atoms with Crippen LogP contribution in [0.25, 0.3) is 0 Å². The average Bonchev–Trinajstić information content (AvgIpc) is 2.90. The van der Waals surface area contributed by atoms with Crippen LogP contribution in [-0.2, 0) is 13.2 Å². The Labute approximate surface area is 216 Å². The molecule has 4 aromatic carbocycles. The number of rotatable bonds is 10. The number of aryl methyl sites for hydroxylation is 1. The molecule has 0 aliphatic heterocycles. The van der Waals surface area contributed by atoms with Gasteiger partial charge in [0, 0.05) is 21.8 Å². The SMILES string of the molecule is CCOc1ccc(C(=O)Nc2ccc(OCc3ccccc3)cc2)cc1COc1ccc(Cl)c(C)c1. The lowest BCUT2D eigenvalue weighted by atomic mass is 10.1. The number of hydrogen-bond acceptors (Lipinski definition) is 4. The predicted molar refractivity (Wildman–Crippen MR) is 143 cm³/mol. The van der Waals surface area contributed by atoms with Crippen molar-refractivity contribution in [2.45, 2.75) is 27.1 Å². The van der Waals surface area contributed by atoms with E-state index in [1.165, 1.54) is 0 Å². The van der Waals surface area contributed by atoms with E-state index in [1.807, 2.05) is 80.6 Å². The maximum atomic E-state index is 12.9. The lowest BCUT2D eigenvalue weighted by Gasteiger charge is -2.14. The number of anilines is 1. The van der Waals surface area contributed by atoms with Gasteiger partial charge >= 0.3 is 0 Å². The van der Waals surface area contributed by atoms with Crippen molar-refractivity contribution in [1.29, 1.82) is 0 Å². The van der Waals surface area contributed by atoms with E-state index >= 15 is 0 Å². The maximum Gasteiger partial charge on any atom is 0.255 e. The third kappa shape index (κ3) is 6.80. The Bertz CT molecular complexity index is 1310. The van der Waals surface area contributed by atoms with Gasteiger partial charge in [0.2, 0.25) is 0 Å². The molecule has 4 aromatic rings. The minimum absolute atomic E-state index is 0.223. The van der Waals surface area contributed by atoms with Crippen LogP contribution in [0.4, 0.5) is 5.69 Å². The molecule has 0 aliphatic rings. The topological polar surface area (TPSA) is 56.8 Å². The molecule has 0 radical (unpaired) electrons. The molecule has 0 bridgehead atoms. The second-order valence-electron chi connectivity index (χ2n) is 8.21. The molecule has 5 nitrogen and oxygen atoms in total. The summed E-state index contributed by atoms with van der Waals surface area (Å²) in [4.78, 5) is 12.9. The first-order valence-corrected chi connectivity index (χ1v) is 12.1. The van der Waals surface area contributed by atoms with Crippen LogP contribution in [-0.4, -0.2) is 12.5 Å². The molecule has 4 rings (SSSR count). The van der Waals surface area contributed by atoms with Crippen molar-refractivity contribution in [3.8, 4) is 17.2 Å². The van der Waals surface area contributed by atoms with Gasteiger partial charge in [-0.2, -0.15) is 0 Å². The highest BCUT2D eigenvalue weighted by molar-refractivity contribution is 6.31. The number of halogens is 1. The van der Waals surface area contributed by atoms with Crippen molar-refractivity contribution in [2.75, 3.05) is 11.9 Å². The molecular weight excluding hydrogens is 474 g/mol. The van der Waals surface area contributed by atoms with E-state index in [0.717, 1.165) is 22.4 Å². The molecule has 0 atom stereocenters. The van der Waals surface area contributed by atoms with E-state index < -0.39 is 0 Å². The number of benzene rings is 4. The van der Waals surface area contributed by atoms with Crippen LogP contribution in [0.2, 0.25) is 5.02 Å². The number of carbonyl (C=O) groups excluding carboxylic acids is 1. The predicted octanol–water partition coefficient (Wildman–Crippen LogP) is 7.46. The summed E-state index contributed by atoms with van der Waals surface area (Å²) in [5.41, 5.74) is 3.99. The van der Waals surface area contributed by atoms with Crippen molar-refractivity contribution in [2.24, 2.45) is 0 Å². The first-order chi connectivity index (χ1) is 17.5. The van der Waals surface area contributed by atoms with Gasteiger partial charge in [-0.3, -0.25) is 4.79 Å². The fraction of sp³-hybridized carbons (Fsp3) is 0.167. The van der Waals surface area contributed by atoms with Gasteiger partial charge in [0.15, 0.2) is 0 Å². The first kappa shape index (κ1) is 25.1. The molecule has 0 aliphatic carbocycles. The highest BCUT2D eigenvalue weighted by atomic mass is 35.5. The molecule has 0 unspecified atom stereocenters. The zero-order valence-electron chi connectivity index (χ0n) is 20.3. The lowest BCUT2D eigenvalue weighted by Crippen LogP contribution is -2.13. The van der Waals surface area contributed by atoms with Gasteiger partial charge in [-0.05, 0) is 85.6 Å². The van der Waals surface area contributed by atoms with Crippen LogP contribution in [0, 0.1) is 6.92 Å². The maximum absolute atomic E-state index is 12.9. The number of ether oxygens (including phenoxy) is 3. The summed E-state index contributed by atoms with van der Waals surface area (Å²) in [6.45, 7) is 5.09. The highest BCUT2D eigenvalue weighted by Gasteiger charge is 2.12. The van der Waals surface area contributed by atoms with Crippen molar-refractivity contribution >= 4 is 23.2 Å². The van der Waals surface area contributed by atoms with Crippen molar-refractivity contribution in [3.63, 3.8) is 0 Å². The van der Waals surface area contributed by atoms with E-state index in [1.54, 1.807) is 24.3 Å². The van der Waals surface area contributed by atoms with Crippen molar-refractivity contribution in [3.05, 3.63) is 118 Å². The normalized spacial score (nSPS) is 10.5. The van der Waals surface area contributed by atoms with Gasteiger partial charge in [-0.1, -0.05) is 41.9 Å². The van der Waals surface area contributed by atoms with Gasteiger partial charge < -0.3 is 19.5 Å². The molecule has 1 N–H and O–H groups in total. The largest absolute Gasteiger partial charge is 0.493 e. The Kier molecular flexibility index (Phi) is 8.48. The molecule has 6 heteroatoms. The second kappa shape index (κ2) is 12.1. The molecule has 0 fully saturated rings. The molecule has 0 saturated carbocycles. The summed E-state index contributed by atoms with van der Waals surface area (Å²) in [5.74, 6) is 1.89. The Morgan fingerprint density at radius 2 is 1.53 bits per heavy atom. The van der Waals surface area contributed by atoms with Gasteiger partial charge in [-0.25, -0.2) is 0 Å². The van der Waals surface area contributed by atoms with Crippen LogP contribution >= 0.6 is 11.6 Å². The van der Waals surface area contributed by atoms with Gasteiger partial charge in [-0.15, -0.1) is 0 Å². The van der Waals surface area contributed by atoms with Crippen LogP contribution in [0.1, 0.15) is 34.0 Å². The Morgan fingerprint density at radius 1 is 0.806 bits per heavy atom. The molecule has 0 saturated heterocycles. The van der Waals surface area contributed by atoms with Gasteiger partial charge in [0.25, 0.3) is 5.91 Å². The van der Waals surface area contributed by atoms with E-state index in [4.69, 9.17) is 25.8 Å². The Balaban J connectivity index is 1.40. The summed E-state index contributed by atoms with van der Waals surface area (Å²) in [5, 5.41) is 3.62. The van der Waals surface area contributed by atoms with E-state index in [9.17, 15) is 4.79 Å². The van der Waals surface area contributed by atoms with E-state index in [2.05, 4.69) is 5.32 Å². The molecular formula is C30H28ClNO4. The molecule has 0 spiro atoms. The number of amides is 1. The highest BCUT2D eigenvalue weighted by Crippen LogP contribution is 2.26. The fourth-order valence-electron chi connectivity index (χ4n) is 3.58. The molecule has 0 aromatic heterocycles. The number of nitrogens with one attached hydrogen (secondary N) is 1. The lowest BCUT2D eigenvalue weighted by molar-refractivity contribution is 0.102. The smallest absolute Gasteiger partial charge is 0.255 e. The monoisotopic (exact) mass is 501 g/mol. The zero-order valence-corrected chi connectivity index (χ0v) is 21.0. The van der Waals surface area contributed by atoms with E-state index in [0.29, 0.717) is 41.0 Å². The van der Waals surface area contributed by atoms with Crippen molar-refractivity contribution in [1.82, 2.24) is 0 Å². The molecule has 0 heterocycles. The molecule has 184 valence electrons. The average molecular weight is 502 g/mol. The summed E-state index contributed by atoms with van der Waals surface area (Å²) in [6, 6.07) is 28.1. The quantitative estimate of drug-likeness (QED) is 0.245. The van der Waals surface area contributed by atoms with Crippen LogP contribution < -0.4 is 19.5 Å². The standard InChI is InChI=1S/C30H28ClNO4/c1-3-34-29-16-9-23(18-24(29)20-36-27-14-15-28(31)21(2)17-27)30(33)32-25-10-12-26(13-11-25)35-19-22-7-5-4-6-8-22/h4-18H,3,19-20H2,1-2H3,(H,32,33). The van der Waals surface area contributed by atoms with Gasteiger partial charge in [0.05, 0.1) is 6.61 Å². The summed E-state index contributed by atoms with van der Waals surface area (Å²) < 4.78 is 17.5. The second-order valence-corrected chi connectivity index (χ2v) is 8.62. The molecule has 1 amide bonds. The minimum atomic E-state index is -0.223. The van der Waals surface area contributed by atoms with E-state index in [-0.39, 0.29) is 12.5 Å². The Hall–Kier alpha value is -3.96. The third-order valence-corrected chi connectivity index (χ3v) is 5.93. The van der Waals surface area contributed by atoms with Crippen LogP contribution in [0.5, 0.6) is 17.2 Å². The summed E-state index contributed by atoms with van der Waals surface area (Å²) in [6.07, 6.45) is 0. The number of hydrogen-bond donors (Lipinski definition) is 1. The number of carbonyl (C=O) groups is 1. The van der Waals surface area contributed by atoms with Crippen LogP contribution in [0.15, 0.2) is 91.0 Å². The first-order valence-electron chi connectivity index (χ1n) is 11.7. The van der Waals surface area contributed by atoms with Crippen molar-refractivity contribution < 1.29 is 19.0 Å². The molecule has 36 heavy (non-hydrogen) atoms.